The molecular formula is C15H22ClNO2. The van der Waals surface area contributed by atoms with Crippen LogP contribution in [0.25, 0.3) is 0 Å². The van der Waals surface area contributed by atoms with Gasteiger partial charge in [0, 0.05) is 23.1 Å². The number of hydrogen-bond acceptors (Lipinski definition) is 3. The number of halogens is 1. The highest BCUT2D eigenvalue weighted by atomic mass is 35.5. The van der Waals surface area contributed by atoms with Gasteiger partial charge in [0.1, 0.15) is 11.5 Å². The number of ether oxygens (including phenoxy) is 2. The van der Waals surface area contributed by atoms with Gasteiger partial charge >= 0.3 is 0 Å². The van der Waals surface area contributed by atoms with Crippen molar-refractivity contribution in [2.75, 3.05) is 20.8 Å². The third-order valence-corrected chi connectivity index (χ3v) is 4.63. The zero-order chi connectivity index (χ0) is 14.0. The van der Waals surface area contributed by atoms with E-state index in [9.17, 15) is 0 Å². The molecule has 1 saturated carbocycles. The highest BCUT2D eigenvalue weighted by molar-refractivity contribution is 6.32. The second-order valence-corrected chi connectivity index (χ2v) is 5.70. The summed E-state index contributed by atoms with van der Waals surface area (Å²) in [6.07, 6.45) is 4.62. The van der Waals surface area contributed by atoms with Crippen LogP contribution in [0.3, 0.4) is 0 Å². The summed E-state index contributed by atoms with van der Waals surface area (Å²) in [5, 5.41) is 0.635. The van der Waals surface area contributed by atoms with E-state index in [1.54, 1.807) is 14.2 Å². The van der Waals surface area contributed by atoms with Crippen LogP contribution in [0, 0.1) is 6.92 Å². The van der Waals surface area contributed by atoms with Gasteiger partial charge in [-0.2, -0.15) is 0 Å². The lowest BCUT2D eigenvalue weighted by Gasteiger charge is -2.31. The predicted octanol–water partition coefficient (Wildman–Crippen LogP) is 3.44. The molecule has 1 fully saturated rings. The zero-order valence-electron chi connectivity index (χ0n) is 11.9. The summed E-state index contributed by atoms with van der Waals surface area (Å²) in [5.74, 6) is 1.56. The lowest BCUT2D eigenvalue weighted by molar-refractivity contribution is 0.364. The molecule has 0 aliphatic heterocycles. The van der Waals surface area contributed by atoms with Gasteiger partial charge in [0.2, 0.25) is 0 Å². The van der Waals surface area contributed by atoms with Gasteiger partial charge in [-0.05, 0) is 25.8 Å². The van der Waals surface area contributed by atoms with Gasteiger partial charge in [0.05, 0.1) is 19.2 Å². The van der Waals surface area contributed by atoms with Crippen LogP contribution in [0.2, 0.25) is 5.02 Å². The highest BCUT2D eigenvalue weighted by Crippen LogP contribution is 2.48. The van der Waals surface area contributed by atoms with Gasteiger partial charge in [-0.3, -0.25) is 0 Å². The molecule has 19 heavy (non-hydrogen) atoms. The zero-order valence-corrected chi connectivity index (χ0v) is 12.6. The van der Waals surface area contributed by atoms with Gasteiger partial charge < -0.3 is 15.2 Å². The molecule has 1 aliphatic rings. The molecule has 1 aliphatic carbocycles. The normalized spacial score (nSPS) is 17.5. The van der Waals surface area contributed by atoms with Crippen LogP contribution in [0.15, 0.2) is 6.07 Å². The SMILES string of the molecule is COc1c(Cl)cc(C2(CN)CCCC2)c(OC)c1C. The minimum Gasteiger partial charge on any atom is -0.496 e. The van der Waals surface area contributed by atoms with Crippen molar-refractivity contribution in [2.45, 2.75) is 38.0 Å². The Bertz CT molecular complexity index is 468. The van der Waals surface area contributed by atoms with Crippen molar-refractivity contribution in [2.24, 2.45) is 5.73 Å². The van der Waals surface area contributed by atoms with E-state index in [4.69, 9.17) is 26.8 Å². The number of rotatable bonds is 4. The molecule has 0 radical (unpaired) electrons. The van der Waals surface area contributed by atoms with E-state index >= 15 is 0 Å². The molecule has 3 nitrogen and oxygen atoms in total. The van der Waals surface area contributed by atoms with E-state index < -0.39 is 0 Å². The van der Waals surface area contributed by atoms with Crippen LogP contribution in [0.1, 0.15) is 36.8 Å². The van der Waals surface area contributed by atoms with Crippen molar-refractivity contribution >= 4 is 11.6 Å². The van der Waals surface area contributed by atoms with Crippen molar-refractivity contribution in [1.82, 2.24) is 0 Å². The standard InChI is InChI=1S/C15H22ClNO2/c1-10-13(18-2)11(8-12(16)14(10)19-3)15(9-17)6-4-5-7-15/h8H,4-7,9,17H2,1-3H3. The van der Waals surface area contributed by atoms with Gasteiger partial charge in [-0.1, -0.05) is 24.4 Å². The van der Waals surface area contributed by atoms with Gasteiger partial charge in [0.15, 0.2) is 0 Å². The average Bonchev–Trinajstić information content (AvgIpc) is 2.88. The number of hydrogen-bond donors (Lipinski definition) is 1. The third-order valence-electron chi connectivity index (χ3n) is 4.34. The average molecular weight is 284 g/mol. The summed E-state index contributed by atoms with van der Waals surface area (Å²) in [6, 6.07) is 1.98. The summed E-state index contributed by atoms with van der Waals surface area (Å²) in [4.78, 5) is 0. The molecule has 0 saturated heterocycles. The van der Waals surface area contributed by atoms with E-state index in [1.165, 1.54) is 12.8 Å². The summed E-state index contributed by atoms with van der Waals surface area (Å²) >= 11 is 6.34. The van der Waals surface area contributed by atoms with Crippen LogP contribution in [0.4, 0.5) is 0 Å². The van der Waals surface area contributed by atoms with Crippen LogP contribution in [-0.2, 0) is 5.41 Å². The molecule has 0 spiro atoms. The molecule has 1 aromatic carbocycles. The Labute approximate surface area is 120 Å². The summed E-state index contributed by atoms with van der Waals surface area (Å²) in [7, 11) is 3.32. The van der Waals surface area contributed by atoms with E-state index in [1.807, 2.05) is 13.0 Å². The Morgan fingerprint density at radius 2 is 1.79 bits per heavy atom. The van der Waals surface area contributed by atoms with Crippen molar-refractivity contribution in [3.05, 3.63) is 22.2 Å². The minimum atomic E-state index is 0.00597. The van der Waals surface area contributed by atoms with Crippen LogP contribution < -0.4 is 15.2 Å². The Kier molecular flexibility index (Phi) is 4.26. The molecule has 0 unspecified atom stereocenters. The molecule has 0 bridgehead atoms. The monoisotopic (exact) mass is 283 g/mol. The van der Waals surface area contributed by atoms with E-state index in [0.717, 1.165) is 29.7 Å². The van der Waals surface area contributed by atoms with Gasteiger partial charge in [-0.25, -0.2) is 0 Å². The van der Waals surface area contributed by atoms with E-state index in [-0.39, 0.29) is 5.41 Å². The smallest absolute Gasteiger partial charge is 0.144 e. The first-order valence-corrected chi connectivity index (χ1v) is 7.09. The lowest BCUT2D eigenvalue weighted by atomic mass is 9.77. The maximum absolute atomic E-state index is 6.34. The molecular weight excluding hydrogens is 262 g/mol. The van der Waals surface area contributed by atoms with Crippen molar-refractivity contribution in [1.29, 1.82) is 0 Å². The maximum atomic E-state index is 6.34. The quantitative estimate of drug-likeness (QED) is 0.921. The van der Waals surface area contributed by atoms with Gasteiger partial charge in [0.25, 0.3) is 0 Å². The fourth-order valence-electron chi connectivity index (χ4n) is 3.28. The van der Waals surface area contributed by atoms with Crippen LogP contribution >= 0.6 is 11.6 Å². The molecule has 0 atom stereocenters. The highest BCUT2D eigenvalue weighted by Gasteiger charge is 2.38. The third kappa shape index (κ3) is 2.30. The topological polar surface area (TPSA) is 44.5 Å². The van der Waals surface area contributed by atoms with Crippen molar-refractivity contribution in [3.8, 4) is 11.5 Å². The summed E-state index contributed by atoms with van der Waals surface area (Å²) < 4.78 is 11.0. The number of benzene rings is 1. The molecule has 0 amide bonds. The lowest BCUT2D eigenvalue weighted by Crippen LogP contribution is -2.32. The molecule has 2 N–H and O–H groups in total. The summed E-state index contributed by atoms with van der Waals surface area (Å²) in [6.45, 7) is 2.61. The Morgan fingerprint density at radius 1 is 1.21 bits per heavy atom. The van der Waals surface area contributed by atoms with E-state index in [2.05, 4.69) is 0 Å². The van der Waals surface area contributed by atoms with Crippen molar-refractivity contribution in [3.63, 3.8) is 0 Å². The predicted molar refractivity (Wildman–Crippen MR) is 78.5 cm³/mol. The first-order valence-electron chi connectivity index (χ1n) is 6.71. The Morgan fingerprint density at radius 3 is 2.26 bits per heavy atom. The van der Waals surface area contributed by atoms with Crippen molar-refractivity contribution < 1.29 is 9.47 Å². The first kappa shape index (κ1) is 14.5. The molecule has 0 heterocycles. The molecule has 0 aromatic heterocycles. The number of methoxy groups -OCH3 is 2. The fraction of sp³-hybridized carbons (Fsp3) is 0.600. The Balaban J connectivity index is 2.62. The largest absolute Gasteiger partial charge is 0.496 e. The summed E-state index contributed by atoms with van der Waals surface area (Å²) in [5.41, 5.74) is 8.16. The molecule has 2 rings (SSSR count). The fourth-order valence-corrected chi connectivity index (χ4v) is 3.61. The second kappa shape index (κ2) is 5.59. The van der Waals surface area contributed by atoms with E-state index in [0.29, 0.717) is 17.3 Å². The number of nitrogens with two attached hydrogens (primary N) is 1. The Hall–Kier alpha value is -0.930. The van der Waals surface area contributed by atoms with Crippen LogP contribution in [-0.4, -0.2) is 20.8 Å². The molecule has 106 valence electrons. The van der Waals surface area contributed by atoms with Crippen LogP contribution in [0.5, 0.6) is 11.5 Å². The second-order valence-electron chi connectivity index (χ2n) is 5.29. The minimum absolute atomic E-state index is 0.00597. The molecule has 1 aromatic rings. The molecule has 4 heteroatoms. The first-order chi connectivity index (χ1) is 9.09. The maximum Gasteiger partial charge on any atom is 0.144 e. The van der Waals surface area contributed by atoms with Gasteiger partial charge in [-0.15, -0.1) is 0 Å².